The third kappa shape index (κ3) is 7.47. The maximum Gasteiger partial charge on any atom is 0.275 e. The molecule has 9 heteroatoms. The van der Waals surface area contributed by atoms with Gasteiger partial charge in [-0.15, -0.1) is 0 Å². The first-order valence-electron chi connectivity index (χ1n) is 16.4. The van der Waals surface area contributed by atoms with Gasteiger partial charge in [-0.05, 0) is 40.8 Å². The SMILES string of the molecule is C=C(C(=O)NCc1ccc(F)cc1)C(=O)/C(OCc1ccccc1)=C1/C(=O)N2CCCN(C(c3ccccc3)c3ccccc3)C2CN1C. The summed E-state index contributed by atoms with van der Waals surface area (Å²) >= 11 is 0. The Morgan fingerprint density at radius 1 is 0.857 bits per heavy atom. The quantitative estimate of drug-likeness (QED) is 0.0980. The molecule has 2 saturated heterocycles. The lowest BCUT2D eigenvalue weighted by atomic mass is 9.94. The molecule has 0 aliphatic carbocycles. The molecule has 8 nitrogen and oxygen atoms in total. The Morgan fingerprint density at radius 3 is 2.06 bits per heavy atom. The molecule has 1 N–H and O–H groups in total. The molecule has 49 heavy (non-hydrogen) atoms. The number of nitrogens with zero attached hydrogens (tertiary/aromatic N) is 3. The fraction of sp³-hybridized carbons (Fsp3) is 0.225. The zero-order chi connectivity index (χ0) is 34.3. The summed E-state index contributed by atoms with van der Waals surface area (Å²) in [6.45, 7) is 5.57. The molecule has 0 spiro atoms. The predicted octanol–water partition coefficient (Wildman–Crippen LogP) is 5.59. The Hall–Kier alpha value is -5.54. The van der Waals surface area contributed by atoms with Crippen LogP contribution in [0, 0.1) is 5.82 Å². The minimum absolute atomic E-state index is 0.0106. The molecule has 0 aromatic heterocycles. The molecule has 2 aliphatic heterocycles. The third-order valence-electron chi connectivity index (χ3n) is 8.96. The number of hydrogen-bond acceptors (Lipinski definition) is 6. The molecule has 250 valence electrons. The zero-order valence-electron chi connectivity index (χ0n) is 27.4. The summed E-state index contributed by atoms with van der Waals surface area (Å²) in [6, 6.07) is 35.4. The lowest BCUT2D eigenvalue weighted by molar-refractivity contribution is -0.147. The van der Waals surface area contributed by atoms with Gasteiger partial charge in [-0.2, -0.15) is 0 Å². The van der Waals surface area contributed by atoms with Crippen LogP contribution in [-0.2, 0) is 32.3 Å². The van der Waals surface area contributed by atoms with Crippen LogP contribution in [0.15, 0.2) is 139 Å². The molecule has 2 aliphatic rings. The van der Waals surface area contributed by atoms with E-state index >= 15 is 0 Å². The molecule has 6 rings (SSSR count). The van der Waals surface area contributed by atoms with Crippen LogP contribution >= 0.6 is 0 Å². The van der Waals surface area contributed by atoms with Gasteiger partial charge in [0.05, 0.1) is 18.2 Å². The highest BCUT2D eigenvalue weighted by Gasteiger charge is 2.45. The zero-order valence-corrected chi connectivity index (χ0v) is 27.4. The van der Waals surface area contributed by atoms with Crippen LogP contribution in [0.3, 0.4) is 0 Å². The second kappa shape index (κ2) is 15.1. The van der Waals surface area contributed by atoms with Crippen molar-refractivity contribution in [3.63, 3.8) is 0 Å². The van der Waals surface area contributed by atoms with Gasteiger partial charge in [0, 0.05) is 26.7 Å². The average Bonchev–Trinajstić information content (AvgIpc) is 3.13. The number of ether oxygens (including phenoxy) is 1. The van der Waals surface area contributed by atoms with Gasteiger partial charge in [-0.3, -0.25) is 19.3 Å². The van der Waals surface area contributed by atoms with Crippen molar-refractivity contribution in [2.24, 2.45) is 0 Å². The Labute approximate surface area is 286 Å². The van der Waals surface area contributed by atoms with E-state index in [1.807, 2.05) is 71.6 Å². The van der Waals surface area contributed by atoms with Gasteiger partial charge in [0.15, 0.2) is 5.76 Å². The molecule has 0 radical (unpaired) electrons. The Bertz CT molecular complexity index is 1790. The van der Waals surface area contributed by atoms with Crippen molar-refractivity contribution in [2.75, 3.05) is 26.7 Å². The largest absolute Gasteiger partial charge is 0.483 e. The fourth-order valence-corrected chi connectivity index (χ4v) is 6.50. The fourth-order valence-electron chi connectivity index (χ4n) is 6.50. The number of piperazine rings is 1. The number of nitrogens with one attached hydrogen (secondary N) is 1. The van der Waals surface area contributed by atoms with E-state index in [2.05, 4.69) is 41.1 Å². The van der Waals surface area contributed by atoms with Crippen LogP contribution in [0.25, 0.3) is 0 Å². The van der Waals surface area contributed by atoms with Crippen molar-refractivity contribution in [2.45, 2.75) is 31.8 Å². The molecule has 4 aromatic carbocycles. The van der Waals surface area contributed by atoms with Gasteiger partial charge in [0.2, 0.25) is 5.78 Å². The summed E-state index contributed by atoms with van der Waals surface area (Å²) < 4.78 is 19.5. The number of amides is 2. The monoisotopic (exact) mass is 658 g/mol. The van der Waals surface area contributed by atoms with Crippen molar-refractivity contribution in [1.29, 1.82) is 0 Å². The summed E-state index contributed by atoms with van der Waals surface area (Å²) in [5.74, 6) is -2.45. The van der Waals surface area contributed by atoms with Gasteiger partial charge in [0.1, 0.15) is 24.3 Å². The standard InChI is InChI=1S/C40H39FN4O4/c1-28(39(47)42-25-29-19-21-33(41)22-20-29)37(46)38(49-27-30-13-6-3-7-14-30)36-40(48)45-24-12-23-44(34(45)26-43(36)2)35(31-15-8-4-9-16-31)32-17-10-5-11-18-32/h3-11,13-22,34-35H,1,12,23-27H2,2H3,(H,42,47)/b38-36+. The minimum Gasteiger partial charge on any atom is -0.483 e. The first-order chi connectivity index (χ1) is 23.8. The summed E-state index contributed by atoms with van der Waals surface area (Å²) in [4.78, 5) is 47.7. The molecule has 2 amide bonds. The predicted molar refractivity (Wildman–Crippen MR) is 185 cm³/mol. The molecule has 1 atom stereocenters. The highest BCUT2D eigenvalue weighted by Crippen LogP contribution is 2.36. The number of benzene rings is 4. The number of carbonyl (C=O) groups is 3. The maximum atomic E-state index is 14.5. The molecular weight excluding hydrogens is 619 g/mol. The van der Waals surface area contributed by atoms with Crippen LogP contribution in [0.2, 0.25) is 0 Å². The number of carbonyl (C=O) groups excluding carboxylic acids is 3. The number of ketones is 1. The number of hydrogen-bond donors (Lipinski definition) is 1. The molecule has 4 aromatic rings. The van der Waals surface area contributed by atoms with Crippen LogP contribution in [0.4, 0.5) is 4.39 Å². The summed E-state index contributed by atoms with van der Waals surface area (Å²) in [6.07, 6.45) is 0.454. The first-order valence-corrected chi connectivity index (χ1v) is 16.4. The van der Waals surface area contributed by atoms with Crippen LogP contribution < -0.4 is 5.32 Å². The average molecular weight is 659 g/mol. The number of rotatable bonds is 11. The van der Waals surface area contributed by atoms with Crippen LogP contribution in [0.1, 0.15) is 34.7 Å². The lowest BCUT2D eigenvalue weighted by Gasteiger charge is -2.52. The summed E-state index contributed by atoms with van der Waals surface area (Å²) in [5, 5.41) is 2.67. The number of allylic oxidation sites excluding steroid dienone is 1. The molecule has 0 bridgehead atoms. The summed E-state index contributed by atoms with van der Waals surface area (Å²) in [5.41, 5.74) is 3.41. The smallest absolute Gasteiger partial charge is 0.275 e. The van der Waals surface area contributed by atoms with E-state index in [0.717, 1.165) is 29.7 Å². The maximum absolute atomic E-state index is 14.5. The van der Waals surface area contributed by atoms with Gasteiger partial charge in [0.25, 0.3) is 11.8 Å². The highest BCUT2D eigenvalue weighted by atomic mass is 19.1. The van der Waals surface area contributed by atoms with E-state index in [0.29, 0.717) is 18.7 Å². The molecular formula is C40H39FN4O4. The van der Waals surface area contributed by atoms with E-state index in [-0.39, 0.29) is 48.3 Å². The second-order valence-corrected chi connectivity index (χ2v) is 12.2. The molecule has 1 unspecified atom stereocenters. The number of fused-ring (bicyclic) bond motifs is 1. The molecule has 0 saturated carbocycles. The van der Waals surface area contributed by atoms with Gasteiger partial charge < -0.3 is 19.9 Å². The topological polar surface area (TPSA) is 82.2 Å². The van der Waals surface area contributed by atoms with Gasteiger partial charge in [-0.1, -0.05) is 110 Å². The third-order valence-corrected chi connectivity index (χ3v) is 8.96. The lowest BCUT2D eigenvalue weighted by Crippen LogP contribution is -2.65. The van der Waals surface area contributed by atoms with Gasteiger partial charge in [-0.25, -0.2) is 4.39 Å². The minimum atomic E-state index is -0.776. The Balaban J connectivity index is 1.31. The van der Waals surface area contributed by atoms with E-state index in [4.69, 9.17) is 4.74 Å². The number of likely N-dealkylation sites (N-methyl/N-ethyl adjacent to an activating group) is 1. The van der Waals surface area contributed by atoms with E-state index in [9.17, 15) is 18.8 Å². The number of halogens is 1. The van der Waals surface area contributed by atoms with Crippen LogP contribution in [0.5, 0.6) is 0 Å². The molecule has 2 heterocycles. The highest BCUT2D eigenvalue weighted by molar-refractivity contribution is 6.25. The van der Waals surface area contributed by atoms with Crippen LogP contribution in [-0.4, -0.2) is 65.1 Å². The van der Waals surface area contributed by atoms with Crippen molar-refractivity contribution in [3.8, 4) is 0 Å². The van der Waals surface area contributed by atoms with Gasteiger partial charge >= 0.3 is 0 Å². The number of Topliss-reactive ketones (excluding diaryl/α,β-unsaturated/α-hetero) is 1. The Kier molecular flexibility index (Phi) is 10.3. The van der Waals surface area contributed by atoms with E-state index in [1.165, 1.54) is 12.1 Å². The van der Waals surface area contributed by atoms with Crippen molar-refractivity contribution >= 4 is 17.6 Å². The first kappa shape index (κ1) is 33.4. The van der Waals surface area contributed by atoms with E-state index in [1.54, 1.807) is 24.1 Å². The van der Waals surface area contributed by atoms with Crippen molar-refractivity contribution in [1.82, 2.24) is 20.0 Å². The molecule has 2 fully saturated rings. The summed E-state index contributed by atoms with van der Waals surface area (Å²) in [7, 11) is 1.77. The normalized spacial score (nSPS) is 17.4. The van der Waals surface area contributed by atoms with Crippen molar-refractivity contribution in [3.05, 3.63) is 167 Å². The van der Waals surface area contributed by atoms with E-state index < -0.39 is 17.5 Å². The second-order valence-electron chi connectivity index (χ2n) is 12.2. The Morgan fingerprint density at radius 2 is 1.45 bits per heavy atom. The van der Waals surface area contributed by atoms with Crippen molar-refractivity contribution < 1.29 is 23.5 Å².